The SMILES string of the molecule is N#Cc1ccccc1N(Cc1ccc(F)nc1)c1cncnc1. The smallest absolute Gasteiger partial charge is 0.212 e. The molecule has 0 radical (unpaired) electrons. The second-order valence-electron chi connectivity index (χ2n) is 4.80. The lowest BCUT2D eigenvalue weighted by Gasteiger charge is -2.25. The van der Waals surface area contributed by atoms with Crippen LogP contribution in [0.4, 0.5) is 15.8 Å². The molecule has 5 nitrogen and oxygen atoms in total. The first-order valence-corrected chi connectivity index (χ1v) is 6.90. The highest BCUT2D eigenvalue weighted by molar-refractivity contribution is 5.68. The van der Waals surface area contributed by atoms with E-state index in [0.717, 1.165) is 16.9 Å². The monoisotopic (exact) mass is 305 g/mol. The van der Waals surface area contributed by atoms with Gasteiger partial charge in [0.15, 0.2) is 0 Å². The summed E-state index contributed by atoms with van der Waals surface area (Å²) in [5.41, 5.74) is 2.81. The fraction of sp³-hybridized carbons (Fsp3) is 0.0588. The molecule has 112 valence electrons. The van der Waals surface area contributed by atoms with Crippen LogP contribution in [0.5, 0.6) is 0 Å². The van der Waals surface area contributed by atoms with E-state index in [9.17, 15) is 9.65 Å². The number of nitrogens with zero attached hydrogens (tertiary/aromatic N) is 5. The largest absolute Gasteiger partial charge is 0.333 e. The number of benzene rings is 1. The van der Waals surface area contributed by atoms with Crippen molar-refractivity contribution in [1.29, 1.82) is 5.26 Å². The Morgan fingerprint density at radius 3 is 2.52 bits per heavy atom. The van der Waals surface area contributed by atoms with Gasteiger partial charge < -0.3 is 4.90 Å². The van der Waals surface area contributed by atoms with Crippen LogP contribution in [0.25, 0.3) is 0 Å². The number of halogens is 1. The second kappa shape index (κ2) is 6.62. The number of hydrogen-bond acceptors (Lipinski definition) is 5. The molecule has 0 saturated heterocycles. The van der Waals surface area contributed by atoms with Gasteiger partial charge in [0, 0.05) is 12.7 Å². The van der Waals surface area contributed by atoms with Crippen LogP contribution in [0.2, 0.25) is 0 Å². The molecular formula is C17H12FN5. The molecule has 23 heavy (non-hydrogen) atoms. The van der Waals surface area contributed by atoms with Crippen LogP contribution >= 0.6 is 0 Å². The summed E-state index contributed by atoms with van der Waals surface area (Å²) in [5, 5.41) is 9.35. The van der Waals surface area contributed by atoms with Crippen molar-refractivity contribution in [3.8, 4) is 6.07 Å². The van der Waals surface area contributed by atoms with Gasteiger partial charge in [0.1, 0.15) is 12.4 Å². The molecule has 6 heteroatoms. The van der Waals surface area contributed by atoms with E-state index in [1.807, 2.05) is 17.0 Å². The van der Waals surface area contributed by atoms with E-state index in [0.29, 0.717) is 12.1 Å². The van der Waals surface area contributed by atoms with E-state index in [-0.39, 0.29) is 0 Å². The summed E-state index contributed by atoms with van der Waals surface area (Å²) >= 11 is 0. The predicted octanol–water partition coefficient (Wildman–Crippen LogP) is 3.22. The summed E-state index contributed by atoms with van der Waals surface area (Å²) in [6.07, 6.45) is 6.24. The number of para-hydroxylation sites is 1. The Labute approximate surface area is 132 Å². The maximum Gasteiger partial charge on any atom is 0.212 e. The van der Waals surface area contributed by atoms with Gasteiger partial charge in [-0.1, -0.05) is 18.2 Å². The van der Waals surface area contributed by atoms with Crippen LogP contribution in [0, 0.1) is 17.3 Å². The maximum atomic E-state index is 13.0. The predicted molar refractivity (Wildman–Crippen MR) is 83.2 cm³/mol. The molecule has 0 N–H and O–H groups in total. The first-order chi connectivity index (χ1) is 11.3. The van der Waals surface area contributed by atoms with Gasteiger partial charge in [-0.15, -0.1) is 0 Å². The quantitative estimate of drug-likeness (QED) is 0.692. The van der Waals surface area contributed by atoms with Crippen LogP contribution in [-0.4, -0.2) is 15.0 Å². The molecule has 0 saturated carbocycles. The zero-order valence-electron chi connectivity index (χ0n) is 12.1. The van der Waals surface area contributed by atoms with Crippen molar-refractivity contribution in [2.45, 2.75) is 6.54 Å². The zero-order chi connectivity index (χ0) is 16.1. The van der Waals surface area contributed by atoms with Crippen LogP contribution in [0.15, 0.2) is 61.3 Å². The molecule has 2 heterocycles. The van der Waals surface area contributed by atoms with E-state index >= 15 is 0 Å². The van der Waals surface area contributed by atoms with Gasteiger partial charge in [-0.2, -0.15) is 9.65 Å². The van der Waals surface area contributed by atoms with Gasteiger partial charge in [-0.05, 0) is 23.8 Å². The number of hydrogen-bond donors (Lipinski definition) is 0. The number of anilines is 2. The van der Waals surface area contributed by atoms with Crippen molar-refractivity contribution >= 4 is 11.4 Å². The lowest BCUT2D eigenvalue weighted by atomic mass is 10.1. The first-order valence-electron chi connectivity index (χ1n) is 6.90. The molecule has 0 fully saturated rings. The summed E-state index contributed by atoms with van der Waals surface area (Å²) in [6, 6.07) is 12.4. The minimum atomic E-state index is -0.527. The number of aromatic nitrogens is 3. The van der Waals surface area contributed by atoms with Gasteiger partial charge in [-0.3, -0.25) is 0 Å². The van der Waals surface area contributed by atoms with Gasteiger partial charge in [0.05, 0.1) is 29.3 Å². The average molecular weight is 305 g/mol. The summed E-state index contributed by atoms with van der Waals surface area (Å²) < 4.78 is 13.0. The van der Waals surface area contributed by atoms with Crippen LogP contribution < -0.4 is 4.90 Å². The third-order valence-corrected chi connectivity index (χ3v) is 3.30. The summed E-state index contributed by atoms with van der Waals surface area (Å²) in [6.45, 7) is 0.416. The summed E-state index contributed by atoms with van der Waals surface area (Å²) in [5.74, 6) is -0.527. The Morgan fingerprint density at radius 1 is 1.04 bits per heavy atom. The van der Waals surface area contributed by atoms with Crippen molar-refractivity contribution in [2.24, 2.45) is 0 Å². The highest BCUT2D eigenvalue weighted by Gasteiger charge is 2.14. The molecule has 0 atom stereocenters. The first kappa shape index (κ1) is 14.6. The highest BCUT2D eigenvalue weighted by Crippen LogP contribution is 2.29. The normalized spacial score (nSPS) is 10.1. The van der Waals surface area contributed by atoms with Crippen molar-refractivity contribution in [2.75, 3.05) is 4.90 Å². The zero-order valence-corrected chi connectivity index (χ0v) is 12.1. The van der Waals surface area contributed by atoms with E-state index in [4.69, 9.17) is 0 Å². The molecule has 3 rings (SSSR count). The van der Waals surface area contributed by atoms with Crippen molar-refractivity contribution in [3.63, 3.8) is 0 Å². The number of rotatable bonds is 4. The molecule has 0 aliphatic carbocycles. The molecule has 0 aliphatic heterocycles. The van der Waals surface area contributed by atoms with E-state index in [2.05, 4.69) is 21.0 Å². The van der Waals surface area contributed by atoms with Crippen molar-refractivity contribution in [3.05, 3.63) is 78.4 Å². The van der Waals surface area contributed by atoms with Crippen molar-refractivity contribution < 1.29 is 4.39 Å². The highest BCUT2D eigenvalue weighted by atomic mass is 19.1. The maximum absolute atomic E-state index is 13.0. The molecule has 0 unspecified atom stereocenters. The van der Waals surface area contributed by atoms with Gasteiger partial charge in [0.2, 0.25) is 5.95 Å². The van der Waals surface area contributed by atoms with Crippen molar-refractivity contribution in [1.82, 2.24) is 15.0 Å². The van der Waals surface area contributed by atoms with E-state index in [1.54, 1.807) is 30.6 Å². The lowest BCUT2D eigenvalue weighted by Crippen LogP contribution is -2.18. The summed E-state index contributed by atoms with van der Waals surface area (Å²) in [7, 11) is 0. The Kier molecular flexibility index (Phi) is 4.20. The molecule has 1 aromatic carbocycles. The van der Waals surface area contributed by atoms with Gasteiger partial charge in [-0.25, -0.2) is 15.0 Å². The molecule has 0 aliphatic rings. The molecular weight excluding hydrogens is 293 g/mol. The molecule has 2 aromatic heterocycles. The third kappa shape index (κ3) is 3.30. The van der Waals surface area contributed by atoms with Crippen LogP contribution in [0.3, 0.4) is 0 Å². The molecule has 0 spiro atoms. The molecule has 0 amide bonds. The minimum absolute atomic E-state index is 0.416. The van der Waals surface area contributed by atoms with Crippen LogP contribution in [0.1, 0.15) is 11.1 Å². The minimum Gasteiger partial charge on any atom is -0.333 e. The van der Waals surface area contributed by atoms with Crippen LogP contribution in [-0.2, 0) is 6.54 Å². The van der Waals surface area contributed by atoms with Gasteiger partial charge in [0.25, 0.3) is 0 Å². The average Bonchev–Trinajstić information content (AvgIpc) is 2.62. The Hall–Kier alpha value is -3.33. The summed E-state index contributed by atoms with van der Waals surface area (Å²) in [4.78, 5) is 13.6. The number of nitriles is 1. The number of pyridine rings is 1. The van der Waals surface area contributed by atoms with E-state index < -0.39 is 5.95 Å². The second-order valence-corrected chi connectivity index (χ2v) is 4.80. The standard InChI is InChI=1S/C17H12FN5/c18-17-6-5-13(8-22-17)11-23(15-9-20-12-21-10-15)16-4-2-1-3-14(16)7-19/h1-6,8-10,12H,11H2. The topological polar surface area (TPSA) is 65.7 Å². The van der Waals surface area contributed by atoms with E-state index in [1.165, 1.54) is 18.6 Å². The fourth-order valence-electron chi connectivity index (χ4n) is 2.23. The van der Waals surface area contributed by atoms with Gasteiger partial charge >= 0.3 is 0 Å². The Balaban J connectivity index is 2.04. The lowest BCUT2D eigenvalue weighted by molar-refractivity contribution is 0.582. The molecule has 3 aromatic rings. The fourth-order valence-corrected chi connectivity index (χ4v) is 2.23. The Bertz CT molecular complexity index is 828. The third-order valence-electron chi connectivity index (χ3n) is 3.30. The molecule has 0 bridgehead atoms. The Morgan fingerprint density at radius 2 is 1.83 bits per heavy atom.